The SMILES string of the molecule is CN1CC2CC1C2c1cccc2c1OC(C)(c1ccc(Cl)cn1)O2. The van der Waals surface area contributed by atoms with Crippen LogP contribution in [0.2, 0.25) is 5.02 Å². The highest BCUT2D eigenvalue weighted by Crippen LogP contribution is 2.57. The van der Waals surface area contributed by atoms with E-state index in [1.165, 1.54) is 18.5 Å². The van der Waals surface area contributed by atoms with Crippen molar-refractivity contribution >= 4 is 11.6 Å². The predicted molar refractivity (Wildman–Crippen MR) is 91.6 cm³/mol. The maximum atomic E-state index is 6.32. The molecule has 0 spiro atoms. The fraction of sp³-hybridized carbons (Fsp3) is 0.421. The molecule has 1 aromatic heterocycles. The minimum Gasteiger partial charge on any atom is -0.443 e. The number of nitrogens with zero attached hydrogens (tertiary/aromatic N) is 2. The quantitative estimate of drug-likeness (QED) is 0.831. The number of benzene rings is 1. The molecule has 4 heterocycles. The molecule has 0 N–H and O–H groups in total. The highest BCUT2D eigenvalue weighted by Gasteiger charge is 2.53. The van der Waals surface area contributed by atoms with Crippen molar-refractivity contribution in [1.82, 2.24) is 9.88 Å². The summed E-state index contributed by atoms with van der Waals surface area (Å²) in [5.74, 6) is 2.06. The second-order valence-corrected chi connectivity index (χ2v) is 7.65. The van der Waals surface area contributed by atoms with Crippen molar-refractivity contribution in [2.24, 2.45) is 5.92 Å². The first-order valence-electron chi connectivity index (χ1n) is 8.38. The lowest BCUT2D eigenvalue weighted by atomic mass is 9.70. The lowest BCUT2D eigenvalue weighted by Gasteiger charge is -2.37. The Hall–Kier alpha value is -1.78. The van der Waals surface area contributed by atoms with Crippen LogP contribution in [-0.2, 0) is 5.79 Å². The maximum Gasteiger partial charge on any atom is 0.292 e. The molecule has 6 rings (SSSR count). The summed E-state index contributed by atoms with van der Waals surface area (Å²) in [5.41, 5.74) is 2.00. The molecule has 4 nitrogen and oxygen atoms in total. The first-order valence-corrected chi connectivity index (χ1v) is 8.76. The molecule has 4 aliphatic rings. The van der Waals surface area contributed by atoms with Crippen molar-refractivity contribution in [2.45, 2.75) is 31.1 Å². The highest BCUT2D eigenvalue weighted by atomic mass is 35.5. The molecule has 5 heteroatoms. The van der Waals surface area contributed by atoms with E-state index in [0.717, 1.165) is 23.1 Å². The van der Waals surface area contributed by atoms with E-state index >= 15 is 0 Å². The third-order valence-corrected chi connectivity index (χ3v) is 5.94. The fourth-order valence-corrected chi connectivity index (χ4v) is 4.60. The van der Waals surface area contributed by atoms with Crippen LogP contribution in [-0.4, -0.2) is 29.5 Å². The van der Waals surface area contributed by atoms with E-state index in [1.807, 2.05) is 25.1 Å². The number of aromatic nitrogens is 1. The lowest BCUT2D eigenvalue weighted by Crippen LogP contribution is -2.36. The van der Waals surface area contributed by atoms with E-state index in [9.17, 15) is 0 Å². The van der Waals surface area contributed by atoms with Crippen molar-refractivity contribution < 1.29 is 9.47 Å². The number of rotatable bonds is 2. The second kappa shape index (κ2) is 4.87. The molecule has 2 saturated heterocycles. The summed E-state index contributed by atoms with van der Waals surface area (Å²) >= 11 is 5.95. The Morgan fingerprint density at radius 1 is 1.25 bits per heavy atom. The van der Waals surface area contributed by atoms with Crippen LogP contribution in [0.1, 0.15) is 30.5 Å². The number of pyridine rings is 1. The van der Waals surface area contributed by atoms with Gasteiger partial charge in [0.2, 0.25) is 0 Å². The van der Waals surface area contributed by atoms with Crippen LogP contribution in [0.4, 0.5) is 0 Å². The lowest BCUT2D eigenvalue weighted by molar-refractivity contribution is -0.0724. The first-order chi connectivity index (χ1) is 11.5. The Morgan fingerprint density at radius 2 is 2.12 bits per heavy atom. The zero-order valence-corrected chi connectivity index (χ0v) is 14.5. The molecule has 0 radical (unpaired) electrons. The molecule has 2 aromatic rings. The van der Waals surface area contributed by atoms with Crippen molar-refractivity contribution in [2.75, 3.05) is 13.6 Å². The fourth-order valence-electron chi connectivity index (χ4n) is 4.49. The molecule has 1 saturated carbocycles. The van der Waals surface area contributed by atoms with Gasteiger partial charge in [-0.1, -0.05) is 23.7 Å². The van der Waals surface area contributed by atoms with Gasteiger partial charge in [-0.2, -0.15) is 0 Å². The van der Waals surface area contributed by atoms with Gasteiger partial charge in [-0.25, -0.2) is 0 Å². The third kappa shape index (κ3) is 1.93. The monoisotopic (exact) mass is 342 g/mol. The molecule has 24 heavy (non-hydrogen) atoms. The third-order valence-electron chi connectivity index (χ3n) is 5.72. The Labute approximate surface area is 146 Å². The van der Waals surface area contributed by atoms with Crippen LogP contribution in [0.25, 0.3) is 0 Å². The minimum atomic E-state index is -0.905. The van der Waals surface area contributed by atoms with Gasteiger partial charge < -0.3 is 14.4 Å². The van der Waals surface area contributed by atoms with E-state index in [0.29, 0.717) is 17.0 Å². The molecule has 0 amide bonds. The molecule has 4 atom stereocenters. The van der Waals surface area contributed by atoms with Gasteiger partial charge >= 0.3 is 0 Å². The van der Waals surface area contributed by atoms with Gasteiger partial charge in [-0.05, 0) is 37.6 Å². The molecule has 1 aliphatic carbocycles. The van der Waals surface area contributed by atoms with Gasteiger partial charge in [-0.3, -0.25) is 4.98 Å². The number of likely N-dealkylation sites (N-methyl/N-ethyl adjacent to an activating group) is 1. The van der Waals surface area contributed by atoms with E-state index in [-0.39, 0.29) is 0 Å². The Kier molecular flexibility index (Phi) is 2.95. The standard InChI is InChI=1S/C19H19ClN2O2/c1-19(16-7-6-12(20)9-21-16)23-15-5-3-4-13(18(15)24-19)17-11-8-14(17)22(2)10-11/h3-7,9,11,14,17H,8,10H2,1-2H3. The Bertz CT molecular complexity index is 810. The number of hydrogen-bond acceptors (Lipinski definition) is 4. The van der Waals surface area contributed by atoms with Crippen molar-refractivity contribution in [3.8, 4) is 11.5 Å². The van der Waals surface area contributed by atoms with Crippen LogP contribution in [0.5, 0.6) is 11.5 Å². The number of para-hydroxylation sites is 1. The van der Waals surface area contributed by atoms with Gasteiger partial charge in [0.15, 0.2) is 11.5 Å². The summed E-state index contributed by atoms with van der Waals surface area (Å²) in [7, 11) is 2.22. The van der Waals surface area contributed by atoms with Crippen molar-refractivity contribution in [3.63, 3.8) is 0 Å². The van der Waals surface area contributed by atoms with E-state index in [4.69, 9.17) is 21.1 Å². The smallest absolute Gasteiger partial charge is 0.292 e. The molecular formula is C19H19ClN2O2. The predicted octanol–water partition coefficient (Wildman–Crippen LogP) is 3.80. The summed E-state index contributed by atoms with van der Waals surface area (Å²) in [6.07, 6.45) is 2.92. The second-order valence-electron chi connectivity index (χ2n) is 7.21. The molecular weight excluding hydrogens is 324 g/mol. The van der Waals surface area contributed by atoms with E-state index < -0.39 is 5.79 Å². The zero-order valence-electron chi connectivity index (χ0n) is 13.7. The molecule has 3 fully saturated rings. The molecule has 1 aromatic carbocycles. The Morgan fingerprint density at radius 3 is 2.79 bits per heavy atom. The summed E-state index contributed by atoms with van der Waals surface area (Å²) in [4.78, 5) is 6.85. The molecule has 4 unspecified atom stereocenters. The average molecular weight is 343 g/mol. The van der Waals surface area contributed by atoms with Crippen LogP contribution in [0.15, 0.2) is 36.5 Å². The topological polar surface area (TPSA) is 34.6 Å². The normalized spacial score (nSPS) is 33.5. The minimum absolute atomic E-state index is 0.550. The first kappa shape index (κ1) is 14.6. The van der Waals surface area contributed by atoms with E-state index in [2.05, 4.69) is 29.1 Å². The summed E-state index contributed by atoms with van der Waals surface area (Å²) in [6.45, 7) is 3.09. The Balaban J connectivity index is 1.51. The maximum absolute atomic E-state index is 6.32. The largest absolute Gasteiger partial charge is 0.443 e. The zero-order chi connectivity index (χ0) is 16.5. The van der Waals surface area contributed by atoms with E-state index in [1.54, 1.807) is 6.20 Å². The van der Waals surface area contributed by atoms with Gasteiger partial charge in [0, 0.05) is 37.2 Å². The van der Waals surface area contributed by atoms with Crippen LogP contribution in [0, 0.1) is 5.92 Å². The molecule has 3 aliphatic heterocycles. The summed E-state index contributed by atoms with van der Waals surface area (Å²) in [6, 6.07) is 10.5. The van der Waals surface area contributed by atoms with Crippen LogP contribution in [0.3, 0.4) is 0 Å². The average Bonchev–Trinajstić information content (AvgIpc) is 3.18. The molecule has 2 bridgehead atoms. The van der Waals surface area contributed by atoms with Crippen LogP contribution < -0.4 is 9.47 Å². The van der Waals surface area contributed by atoms with Crippen molar-refractivity contribution in [3.05, 3.63) is 52.8 Å². The number of halogens is 1. The van der Waals surface area contributed by atoms with Gasteiger partial charge in [0.05, 0.1) is 5.02 Å². The molecule has 124 valence electrons. The number of fused-ring (bicyclic) bond motifs is 2. The summed E-state index contributed by atoms with van der Waals surface area (Å²) < 4.78 is 12.5. The highest BCUT2D eigenvalue weighted by molar-refractivity contribution is 6.30. The summed E-state index contributed by atoms with van der Waals surface area (Å²) in [5, 5.41) is 0.604. The number of ether oxygens (including phenoxy) is 2. The van der Waals surface area contributed by atoms with Gasteiger partial charge in [0.25, 0.3) is 5.79 Å². The van der Waals surface area contributed by atoms with Gasteiger partial charge in [0.1, 0.15) is 5.69 Å². The number of hydrogen-bond donors (Lipinski definition) is 0. The van der Waals surface area contributed by atoms with Gasteiger partial charge in [-0.15, -0.1) is 0 Å². The van der Waals surface area contributed by atoms with Crippen molar-refractivity contribution in [1.29, 1.82) is 0 Å². The van der Waals surface area contributed by atoms with Crippen LogP contribution >= 0.6 is 11.6 Å².